The lowest BCUT2D eigenvalue weighted by molar-refractivity contribution is -0.121. The van der Waals surface area contributed by atoms with E-state index in [1.807, 2.05) is 42.2 Å². The van der Waals surface area contributed by atoms with Crippen LogP contribution in [0.3, 0.4) is 0 Å². The van der Waals surface area contributed by atoms with Crippen LogP contribution in [0.1, 0.15) is 44.3 Å². The van der Waals surface area contributed by atoms with Gasteiger partial charge < -0.3 is 10.4 Å². The Morgan fingerprint density at radius 3 is 2.56 bits per heavy atom. The number of imide groups is 1. The van der Waals surface area contributed by atoms with Gasteiger partial charge in [0.1, 0.15) is 0 Å². The summed E-state index contributed by atoms with van der Waals surface area (Å²) in [5, 5.41) is 15.5. The number of rotatable bonds is 7. The van der Waals surface area contributed by atoms with E-state index in [9.17, 15) is 14.7 Å². The van der Waals surface area contributed by atoms with Crippen LogP contribution in [-0.2, 0) is 4.79 Å². The number of aliphatic hydroxyl groups excluding tert-OH is 1. The van der Waals surface area contributed by atoms with E-state index >= 15 is 0 Å². The number of aliphatic hydroxyl groups is 1. The van der Waals surface area contributed by atoms with Crippen molar-refractivity contribution in [3.05, 3.63) is 35.9 Å². The maximum Gasteiger partial charge on any atom is 0.321 e. The second kappa shape index (κ2) is 10.2. The number of hydrogen-bond donors (Lipinski definition) is 3. The van der Waals surface area contributed by atoms with Gasteiger partial charge in [-0.05, 0) is 43.8 Å². The number of hydrogen-bond acceptors (Lipinski definition) is 4. The van der Waals surface area contributed by atoms with Crippen molar-refractivity contribution in [3.8, 4) is 0 Å². The molecule has 0 aromatic heterocycles. The second-order valence-electron chi connectivity index (χ2n) is 6.63. The second-order valence-corrected chi connectivity index (χ2v) is 6.63. The number of nitrogens with zero attached hydrogens (tertiary/aromatic N) is 1. The summed E-state index contributed by atoms with van der Waals surface area (Å²) < 4.78 is 0. The van der Waals surface area contributed by atoms with Gasteiger partial charge in [-0.2, -0.15) is 0 Å². The maximum absolute atomic E-state index is 11.9. The Morgan fingerprint density at radius 1 is 1.24 bits per heavy atom. The molecule has 0 bridgehead atoms. The average Bonchev–Trinajstić information content (AvgIpc) is 2.62. The number of carbonyl (C=O) groups excluding carboxylic acids is 2. The molecule has 1 saturated heterocycles. The van der Waals surface area contributed by atoms with E-state index in [2.05, 4.69) is 10.6 Å². The third kappa shape index (κ3) is 6.48. The van der Waals surface area contributed by atoms with Crippen molar-refractivity contribution < 1.29 is 14.7 Å². The lowest BCUT2D eigenvalue weighted by atomic mass is 9.87. The molecule has 6 nitrogen and oxygen atoms in total. The molecule has 1 aromatic rings. The molecule has 138 valence electrons. The summed E-state index contributed by atoms with van der Waals surface area (Å²) in [4.78, 5) is 25.5. The van der Waals surface area contributed by atoms with Crippen molar-refractivity contribution in [2.24, 2.45) is 5.92 Å². The zero-order valence-electron chi connectivity index (χ0n) is 14.9. The molecule has 1 fully saturated rings. The molecule has 1 unspecified atom stereocenters. The van der Waals surface area contributed by atoms with Crippen LogP contribution < -0.4 is 10.6 Å². The summed E-state index contributed by atoms with van der Waals surface area (Å²) >= 11 is 0. The Balaban J connectivity index is 1.69. The fraction of sp³-hybridized carbons (Fsp3) is 0.579. The first-order valence-corrected chi connectivity index (χ1v) is 9.13. The SMILES string of the molecule is CCCCNC(=O)NC(=O)CN1CCC(C(O)c2ccccc2)CC1. The van der Waals surface area contributed by atoms with Crippen LogP contribution in [0.2, 0.25) is 0 Å². The predicted molar refractivity (Wildman–Crippen MR) is 97.0 cm³/mol. The number of urea groups is 1. The van der Waals surface area contributed by atoms with Crippen molar-refractivity contribution in [2.45, 2.75) is 38.7 Å². The van der Waals surface area contributed by atoms with Crippen LogP contribution in [0.5, 0.6) is 0 Å². The molecule has 25 heavy (non-hydrogen) atoms. The Bertz CT molecular complexity index is 542. The number of carbonyl (C=O) groups is 2. The minimum atomic E-state index is -0.457. The van der Waals surface area contributed by atoms with Crippen molar-refractivity contribution >= 4 is 11.9 Å². The van der Waals surface area contributed by atoms with Crippen LogP contribution in [-0.4, -0.2) is 48.1 Å². The normalized spacial score (nSPS) is 17.0. The van der Waals surface area contributed by atoms with Crippen molar-refractivity contribution in [1.29, 1.82) is 0 Å². The van der Waals surface area contributed by atoms with Crippen molar-refractivity contribution in [3.63, 3.8) is 0 Å². The molecule has 1 heterocycles. The van der Waals surface area contributed by atoms with Crippen molar-refractivity contribution in [1.82, 2.24) is 15.5 Å². The molecular weight excluding hydrogens is 318 g/mol. The standard InChI is InChI=1S/C19H29N3O3/c1-2-3-11-20-19(25)21-17(23)14-22-12-9-16(10-13-22)18(24)15-7-5-4-6-8-15/h4-8,16,18,24H,2-3,9-14H2,1H3,(H2,20,21,23,25). The Morgan fingerprint density at radius 2 is 1.92 bits per heavy atom. The Labute approximate surface area is 149 Å². The van der Waals surface area contributed by atoms with Crippen LogP contribution in [0, 0.1) is 5.92 Å². The van der Waals surface area contributed by atoms with Crippen LogP contribution in [0.15, 0.2) is 30.3 Å². The van der Waals surface area contributed by atoms with Gasteiger partial charge >= 0.3 is 6.03 Å². The van der Waals surface area contributed by atoms with Gasteiger partial charge in [0.25, 0.3) is 0 Å². The highest BCUT2D eigenvalue weighted by Crippen LogP contribution is 2.30. The summed E-state index contributed by atoms with van der Waals surface area (Å²) in [7, 11) is 0. The van der Waals surface area contributed by atoms with Gasteiger partial charge in [-0.25, -0.2) is 4.79 Å². The molecule has 0 spiro atoms. The van der Waals surface area contributed by atoms with E-state index in [1.165, 1.54) is 0 Å². The van der Waals surface area contributed by atoms with Gasteiger partial charge in [-0.15, -0.1) is 0 Å². The largest absolute Gasteiger partial charge is 0.388 e. The molecule has 1 aromatic carbocycles. The lowest BCUT2D eigenvalue weighted by Crippen LogP contribution is -2.46. The molecule has 1 aliphatic rings. The average molecular weight is 347 g/mol. The molecule has 3 N–H and O–H groups in total. The third-order valence-corrected chi connectivity index (χ3v) is 4.66. The molecule has 1 aliphatic heterocycles. The first-order valence-electron chi connectivity index (χ1n) is 9.13. The van der Waals surface area contributed by atoms with E-state index < -0.39 is 12.1 Å². The van der Waals surface area contributed by atoms with Gasteiger partial charge in [0.2, 0.25) is 5.91 Å². The van der Waals surface area contributed by atoms with E-state index in [-0.39, 0.29) is 18.4 Å². The summed E-state index contributed by atoms with van der Waals surface area (Å²) in [6, 6.07) is 9.28. The third-order valence-electron chi connectivity index (χ3n) is 4.66. The summed E-state index contributed by atoms with van der Waals surface area (Å²) in [6.45, 7) is 4.34. The molecular formula is C19H29N3O3. The quantitative estimate of drug-likeness (QED) is 0.660. The van der Waals surface area contributed by atoms with Crippen molar-refractivity contribution in [2.75, 3.05) is 26.2 Å². The Hall–Kier alpha value is -1.92. The molecule has 0 saturated carbocycles. The van der Waals surface area contributed by atoms with Gasteiger partial charge in [-0.1, -0.05) is 43.7 Å². The highest BCUT2D eigenvalue weighted by atomic mass is 16.3. The predicted octanol–water partition coefficient (Wildman–Crippen LogP) is 2.06. The minimum absolute atomic E-state index is 0.207. The van der Waals surface area contributed by atoms with Crippen LogP contribution in [0.25, 0.3) is 0 Å². The van der Waals surface area contributed by atoms with Crippen LogP contribution >= 0.6 is 0 Å². The number of benzene rings is 1. The number of amides is 3. The van der Waals surface area contributed by atoms with Gasteiger partial charge in [0.05, 0.1) is 12.6 Å². The number of piperidine rings is 1. The zero-order valence-corrected chi connectivity index (χ0v) is 14.9. The zero-order chi connectivity index (χ0) is 18.1. The summed E-state index contributed by atoms with van der Waals surface area (Å²) in [5.41, 5.74) is 0.947. The lowest BCUT2D eigenvalue weighted by Gasteiger charge is -2.33. The van der Waals surface area contributed by atoms with E-state index in [1.54, 1.807) is 0 Å². The fourth-order valence-corrected chi connectivity index (χ4v) is 3.14. The highest BCUT2D eigenvalue weighted by Gasteiger charge is 2.27. The molecule has 1 atom stereocenters. The monoisotopic (exact) mass is 347 g/mol. The van der Waals surface area contributed by atoms with E-state index in [4.69, 9.17) is 0 Å². The molecule has 3 amide bonds. The smallest absolute Gasteiger partial charge is 0.321 e. The number of unbranched alkanes of at least 4 members (excludes halogenated alkanes) is 1. The molecule has 6 heteroatoms. The summed E-state index contributed by atoms with van der Waals surface area (Å²) in [6.07, 6.45) is 3.12. The van der Waals surface area contributed by atoms with Gasteiger partial charge in [0, 0.05) is 6.54 Å². The van der Waals surface area contributed by atoms with Crippen LogP contribution in [0.4, 0.5) is 4.79 Å². The van der Waals surface area contributed by atoms with Gasteiger partial charge in [-0.3, -0.25) is 15.0 Å². The van der Waals surface area contributed by atoms with Gasteiger partial charge in [0.15, 0.2) is 0 Å². The van der Waals surface area contributed by atoms with E-state index in [0.717, 1.165) is 44.3 Å². The molecule has 0 radical (unpaired) electrons. The fourth-order valence-electron chi connectivity index (χ4n) is 3.14. The minimum Gasteiger partial charge on any atom is -0.388 e. The first kappa shape index (κ1) is 19.4. The highest BCUT2D eigenvalue weighted by molar-refractivity contribution is 5.95. The maximum atomic E-state index is 11.9. The number of likely N-dealkylation sites (tertiary alicyclic amines) is 1. The molecule has 0 aliphatic carbocycles. The summed E-state index contributed by atoms with van der Waals surface area (Å²) in [5.74, 6) is -0.0740. The number of nitrogens with one attached hydrogen (secondary N) is 2. The first-order chi connectivity index (χ1) is 12.1. The topological polar surface area (TPSA) is 81.7 Å². The van der Waals surface area contributed by atoms with E-state index in [0.29, 0.717) is 6.54 Å². The molecule has 2 rings (SSSR count). The Kier molecular flexibility index (Phi) is 7.88.